The minimum atomic E-state index is -1.83. The van der Waals surface area contributed by atoms with Crippen molar-refractivity contribution in [2.75, 3.05) is 24.5 Å². The van der Waals surface area contributed by atoms with E-state index in [1.54, 1.807) is 4.90 Å². The van der Waals surface area contributed by atoms with Crippen LogP contribution in [0.4, 0.5) is 5.69 Å². The van der Waals surface area contributed by atoms with Gasteiger partial charge in [0.25, 0.3) is 11.8 Å². The van der Waals surface area contributed by atoms with E-state index in [0.29, 0.717) is 12.1 Å². The first kappa shape index (κ1) is 25.2. The number of para-hydroxylation sites is 1. The first-order chi connectivity index (χ1) is 17.8. The van der Waals surface area contributed by atoms with E-state index in [9.17, 15) is 25.1 Å². The molecule has 1 unspecified atom stereocenters. The standard InChI is InChI=1S/C29H34N4O4/c1-28(19-29(28)13-16-32(17-14-29)22-11-6-5-10-21(22)18-30)31-26(36)24(34)25(35)27(37)33-15-7-12-23(33)20-8-3-2-4-9-20/h2-6,8-11,23-25,34-35H,7,12-17,19H2,1H3,(H,31,36)/t23-,24-,25-,28?/m1/s1. The second-order valence-electron chi connectivity index (χ2n) is 10.9. The van der Waals surface area contributed by atoms with E-state index >= 15 is 0 Å². The van der Waals surface area contributed by atoms with Crippen LogP contribution in [0.1, 0.15) is 56.2 Å². The van der Waals surface area contributed by atoms with Gasteiger partial charge in [0.1, 0.15) is 6.07 Å². The number of nitrogens with zero attached hydrogens (tertiary/aromatic N) is 3. The number of amides is 2. The molecule has 2 aromatic carbocycles. The van der Waals surface area contributed by atoms with Gasteiger partial charge in [0.05, 0.1) is 17.3 Å². The molecule has 1 saturated carbocycles. The number of benzene rings is 2. The number of likely N-dealkylation sites (tertiary alicyclic amines) is 1. The monoisotopic (exact) mass is 502 g/mol. The SMILES string of the molecule is CC1(NC(=O)[C@H](O)[C@@H](O)C(=O)N2CCC[C@@H]2c2ccccc2)CC12CCN(c1ccccc1C#N)CC2. The van der Waals surface area contributed by atoms with Crippen LogP contribution >= 0.6 is 0 Å². The molecule has 5 rings (SSSR count). The van der Waals surface area contributed by atoms with Gasteiger partial charge in [-0.2, -0.15) is 5.26 Å². The van der Waals surface area contributed by atoms with Crippen LogP contribution in [0.3, 0.4) is 0 Å². The first-order valence-electron chi connectivity index (χ1n) is 13.1. The molecule has 2 heterocycles. The highest BCUT2D eigenvalue weighted by Gasteiger charge is 2.65. The van der Waals surface area contributed by atoms with Gasteiger partial charge < -0.3 is 25.3 Å². The predicted octanol–water partition coefficient (Wildman–Crippen LogP) is 2.51. The smallest absolute Gasteiger partial charge is 0.255 e. The minimum Gasteiger partial charge on any atom is -0.380 e. The highest BCUT2D eigenvalue weighted by Crippen LogP contribution is 2.62. The molecule has 37 heavy (non-hydrogen) atoms. The quantitative estimate of drug-likeness (QED) is 0.559. The molecule has 1 spiro atoms. The summed E-state index contributed by atoms with van der Waals surface area (Å²) >= 11 is 0. The van der Waals surface area contributed by atoms with Gasteiger partial charge >= 0.3 is 0 Å². The van der Waals surface area contributed by atoms with Gasteiger partial charge in [-0.05, 0) is 62.1 Å². The van der Waals surface area contributed by atoms with Crippen LogP contribution < -0.4 is 10.2 Å². The van der Waals surface area contributed by atoms with E-state index < -0.39 is 29.6 Å². The average Bonchev–Trinajstić information content (AvgIpc) is 3.24. The van der Waals surface area contributed by atoms with Crippen LogP contribution in [0, 0.1) is 16.7 Å². The molecular weight excluding hydrogens is 468 g/mol. The molecule has 0 aromatic heterocycles. The number of aliphatic hydroxyl groups excluding tert-OH is 2. The third kappa shape index (κ3) is 4.58. The zero-order chi connectivity index (χ0) is 26.2. The molecule has 4 atom stereocenters. The van der Waals surface area contributed by atoms with Crippen molar-refractivity contribution < 1.29 is 19.8 Å². The highest BCUT2D eigenvalue weighted by molar-refractivity contribution is 5.91. The van der Waals surface area contributed by atoms with Crippen LogP contribution in [-0.4, -0.2) is 64.3 Å². The molecule has 0 radical (unpaired) electrons. The number of hydrogen-bond donors (Lipinski definition) is 3. The number of carbonyl (C=O) groups excluding carboxylic acids is 2. The topological polar surface area (TPSA) is 117 Å². The summed E-state index contributed by atoms with van der Waals surface area (Å²) in [6.45, 7) is 3.99. The van der Waals surface area contributed by atoms with Gasteiger partial charge in [-0.1, -0.05) is 42.5 Å². The fraction of sp³-hybridized carbons (Fsp3) is 0.483. The molecule has 3 N–H and O–H groups in total. The lowest BCUT2D eigenvalue weighted by atomic mass is 9.88. The maximum Gasteiger partial charge on any atom is 0.255 e. The number of hydrogen-bond acceptors (Lipinski definition) is 6. The Morgan fingerprint density at radius 2 is 1.70 bits per heavy atom. The van der Waals surface area contributed by atoms with Crippen LogP contribution in [0.15, 0.2) is 54.6 Å². The number of carbonyl (C=O) groups is 2. The van der Waals surface area contributed by atoms with Crippen LogP contribution in [0.2, 0.25) is 0 Å². The summed E-state index contributed by atoms with van der Waals surface area (Å²) in [5, 5.41) is 33.7. The van der Waals surface area contributed by atoms with Crippen molar-refractivity contribution in [3.05, 3.63) is 65.7 Å². The van der Waals surface area contributed by atoms with Gasteiger partial charge in [-0.3, -0.25) is 9.59 Å². The Balaban J connectivity index is 1.18. The molecule has 2 saturated heterocycles. The molecule has 8 heteroatoms. The zero-order valence-electron chi connectivity index (χ0n) is 21.1. The van der Waals surface area contributed by atoms with E-state index in [1.807, 2.05) is 61.5 Å². The lowest BCUT2D eigenvalue weighted by Crippen LogP contribution is -2.54. The van der Waals surface area contributed by atoms with Gasteiger partial charge in [0.2, 0.25) is 0 Å². The van der Waals surface area contributed by atoms with Crippen molar-refractivity contribution in [1.82, 2.24) is 10.2 Å². The van der Waals surface area contributed by atoms with Crippen molar-refractivity contribution in [2.24, 2.45) is 5.41 Å². The molecule has 8 nitrogen and oxygen atoms in total. The Morgan fingerprint density at radius 1 is 1.03 bits per heavy atom. The summed E-state index contributed by atoms with van der Waals surface area (Å²) < 4.78 is 0. The maximum atomic E-state index is 13.1. The predicted molar refractivity (Wildman–Crippen MR) is 138 cm³/mol. The van der Waals surface area contributed by atoms with Crippen LogP contribution in [-0.2, 0) is 9.59 Å². The Bertz CT molecular complexity index is 1200. The van der Waals surface area contributed by atoms with E-state index in [-0.39, 0.29) is 11.5 Å². The van der Waals surface area contributed by atoms with E-state index in [2.05, 4.69) is 16.3 Å². The fourth-order valence-corrected chi connectivity index (χ4v) is 6.40. The number of rotatable bonds is 6. The van der Waals surface area contributed by atoms with E-state index in [1.165, 1.54) is 0 Å². The number of aliphatic hydroxyl groups is 2. The maximum absolute atomic E-state index is 13.1. The van der Waals surface area contributed by atoms with Crippen molar-refractivity contribution in [1.29, 1.82) is 5.26 Å². The van der Waals surface area contributed by atoms with Crippen molar-refractivity contribution in [2.45, 2.75) is 62.8 Å². The van der Waals surface area contributed by atoms with Gasteiger partial charge in [0.15, 0.2) is 12.2 Å². The number of nitriles is 1. The average molecular weight is 503 g/mol. The molecular formula is C29H34N4O4. The summed E-state index contributed by atoms with van der Waals surface area (Å²) in [7, 11) is 0. The molecule has 2 aliphatic heterocycles. The molecule has 2 aromatic rings. The zero-order valence-corrected chi connectivity index (χ0v) is 21.1. The Labute approximate surface area is 217 Å². The normalized spacial score (nSPS) is 25.8. The third-order valence-corrected chi connectivity index (χ3v) is 8.76. The van der Waals surface area contributed by atoms with Crippen molar-refractivity contribution in [3.8, 4) is 6.07 Å². The second-order valence-corrected chi connectivity index (χ2v) is 10.9. The number of piperidine rings is 1. The number of nitrogens with one attached hydrogen (secondary N) is 1. The van der Waals surface area contributed by atoms with Crippen LogP contribution in [0.25, 0.3) is 0 Å². The molecule has 0 bridgehead atoms. The van der Waals surface area contributed by atoms with Gasteiger partial charge in [-0.25, -0.2) is 0 Å². The largest absolute Gasteiger partial charge is 0.380 e. The Morgan fingerprint density at radius 3 is 2.41 bits per heavy atom. The summed E-state index contributed by atoms with van der Waals surface area (Å²) in [4.78, 5) is 29.8. The molecule has 194 valence electrons. The minimum absolute atomic E-state index is 0.0945. The summed E-state index contributed by atoms with van der Waals surface area (Å²) in [5.41, 5.74) is 1.96. The van der Waals surface area contributed by atoms with Crippen LogP contribution in [0.5, 0.6) is 0 Å². The van der Waals surface area contributed by atoms with E-state index in [0.717, 1.165) is 56.4 Å². The Kier molecular flexibility index (Phi) is 6.69. The Hall–Kier alpha value is -3.41. The fourth-order valence-electron chi connectivity index (χ4n) is 6.40. The van der Waals surface area contributed by atoms with Crippen molar-refractivity contribution in [3.63, 3.8) is 0 Å². The van der Waals surface area contributed by atoms with E-state index in [4.69, 9.17) is 0 Å². The molecule has 3 aliphatic rings. The molecule has 3 fully saturated rings. The third-order valence-electron chi connectivity index (χ3n) is 8.76. The summed E-state index contributed by atoms with van der Waals surface area (Å²) in [6, 6.07) is 19.3. The highest BCUT2D eigenvalue weighted by atomic mass is 16.3. The summed E-state index contributed by atoms with van der Waals surface area (Å²) in [5.74, 6) is -1.33. The molecule has 1 aliphatic carbocycles. The summed E-state index contributed by atoms with van der Waals surface area (Å²) in [6.07, 6.45) is 0.395. The van der Waals surface area contributed by atoms with Gasteiger partial charge in [-0.15, -0.1) is 0 Å². The van der Waals surface area contributed by atoms with Gasteiger partial charge in [0, 0.05) is 25.2 Å². The lowest BCUT2D eigenvalue weighted by Gasteiger charge is -2.37. The van der Waals surface area contributed by atoms with Crippen molar-refractivity contribution >= 4 is 17.5 Å². The lowest BCUT2D eigenvalue weighted by molar-refractivity contribution is -0.154. The molecule has 2 amide bonds. The number of anilines is 1. The first-order valence-corrected chi connectivity index (χ1v) is 13.1. The second kappa shape index (κ2) is 9.81.